The molecular weight excluding hydrogens is 272 g/mol. The molecule has 2 saturated heterocycles. The smallest absolute Gasteiger partial charge is 0.186 e. The number of ether oxygens (including phenoxy) is 1. The average molecular weight is 296 g/mol. The van der Waals surface area contributed by atoms with Gasteiger partial charge in [-0.1, -0.05) is 0 Å². The lowest BCUT2D eigenvalue weighted by atomic mass is 10.1. The number of nitrogens with zero attached hydrogens (tertiary/aromatic N) is 3. The maximum atomic E-state index is 5.83. The average Bonchev–Trinajstić information content (AvgIpc) is 3.04. The molecule has 5 nitrogen and oxygen atoms in total. The van der Waals surface area contributed by atoms with Gasteiger partial charge in [0.2, 0.25) is 0 Å². The fraction of sp³-hybridized carbons (Fsp3) is 0.786. The highest BCUT2D eigenvalue weighted by Gasteiger charge is 2.35. The molecule has 2 fully saturated rings. The fourth-order valence-corrected chi connectivity index (χ4v) is 4.41. The third-order valence-electron chi connectivity index (χ3n) is 4.42. The molecule has 3 rings (SSSR count). The minimum atomic E-state index is 0.525. The first-order valence-electron chi connectivity index (χ1n) is 7.41. The number of anilines is 1. The lowest BCUT2D eigenvalue weighted by molar-refractivity contribution is 0.181. The molecule has 2 aliphatic heterocycles. The highest BCUT2D eigenvalue weighted by Crippen LogP contribution is 2.32. The van der Waals surface area contributed by atoms with Crippen molar-refractivity contribution >= 4 is 16.5 Å². The molecule has 2 aliphatic rings. The van der Waals surface area contributed by atoms with Gasteiger partial charge in [0.15, 0.2) is 5.13 Å². The van der Waals surface area contributed by atoms with Crippen LogP contribution < -0.4 is 10.6 Å². The quantitative estimate of drug-likeness (QED) is 0.911. The summed E-state index contributed by atoms with van der Waals surface area (Å²) in [4.78, 5) is 11.0. The molecule has 0 saturated carbocycles. The second kappa shape index (κ2) is 5.97. The van der Waals surface area contributed by atoms with Crippen molar-refractivity contribution in [1.29, 1.82) is 0 Å². The van der Waals surface area contributed by atoms with Crippen LogP contribution in [0.2, 0.25) is 0 Å². The molecule has 1 aromatic heterocycles. The van der Waals surface area contributed by atoms with E-state index < -0.39 is 0 Å². The van der Waals surface area contributed by atoms with Crippen LogP contribution in [-0.4, -0.2) is 48.7 Å². The van der Waals surface area contributed by atoms with Gasteiger partial charge in [-0.15, -0.1) is 11.3 Å². The van der Waals surface area contributed by atoms with Crippen LogP contribution in [0.25, 0.3) is 0 Å². The van der Waals surface area contributed by atoms with Crippen LogP contribution in [0.1, 0.15) is 30.3 Å². The highest BCUT2D eigenvalue weighted by molar-refractivity contribution is 7.15. The minimum absolute atomic E-state index is 0.525. The Morgan fingerprint density at radius 2 is 2.30 bits per heavy atom. The molecule has 0 aromatic carbocycles. The van der Waals surface area contributed by atoms with Crippen LogP contribution in [0.3, 0.4) is 0 Å². The number of piperazine rings is 1. The Labute approximate surface area is 124 Å². The number of fused-ring (bicyclic) bond motifs is 1. The molecule has 0 radical (unpaired) electrons. The molecule has 20 heavy (non-hydrogen) atoms. The Hall–Kier alpha value is -0.690. The van der Waals surface area contributed by atoms with Gasteiger partial charge in [-0.3, -0.25) is 4.90 Å². The summed E-state index contributed by atoms with van der Waals surface area (Å²) in [6, 6.07) is 1.24. The maximum Gasteiger partial charge on any atom is 0.186 e. The second-order valence-electron chi connectivity index (χ2n) is 5.80. The predicted octanol–water partition coefficient (Wildman–Crippen LogP) is 1.42. The number of methoxy groups -OCH3 is 1. The van der Waals surface area contributed by atoms with Gasteiger partial charge in [0.1, 0.15) is 0 Å². The molecule has 0 amide bonds. The van der Waals surface area contributed by atoms with Crippen LogP contribution in [0.15, 0.2) is 0 Å². The van der Waals surface area contributed by atoms with Gasteiger partial charge in [0.05, 0.1) is 12.3 Å². The Morgan fingerprint density at radius 1 is 1.45 bits per heavy atom. The number of thiazole rings is 1. The van der Waals surface area contributed by atoms with E-state index in [4.69, 9.17) is 15.5 Å². The Balaban J connectivity index is 1.80. The monoisotopic (exact) mass is 296 g/mol. The summed E-state index contributed by atoms with van der Waals surface area (Å²) in [6.07, 6.45) is 2.66. The Morgan fingerprint density at radius 3 is 3.05 bits per heavy atom. The normalized spacial score (nSPS) is 27.1. The predicted molar refractivity (Wildman–Crippen MR) is 82.1 cm³/mol. The van der Waals surface area contributed by atoms with Crippen LogP contribution in [-0.2, 0) is 17.9 Å². The Kier molecular flexibility index (Phi) is 4.26. The molecular formula is C14H24N4OS. The maximum absolute atomic E-state index is 5.83. The van der Waals surface area contributed by atoms with Gasteiger partial charge in [0.25, 0.3) is 0 Å². The molecule has 2 unspecified atom stereocenters. The van der Waals surface area contributed by atoms with Crippen molar-refractivity contribution in [2.45, 2.75) is 45.0 Å². The zero-order chi connectivity index (χ0) is 14.1. The number of rotatable bonds is 4. The molecule has 0 aliphatic carbocycles. The highest BCUT2D eigenvalue weighted by atomic mass is 32.1. The first-order valence-corrected chi connectivity index (χ1v) is 8.23. The van der Waals surface area contributed by atoms with E-state index in [0.717, 1.165) is 28.8 Å². The van der Waals surface area contributed by atoms with Gasteiger partial charge >= 0.3 is 0 Å². The van der Waals surface area contributed by atoms with Crippen LogP contribution in [0, 0.1) is 0 Å². The standard InChI is InChI=1S/C14H24N4OS/c1-10-7-17-5-3-4-11(17)8-18(10)14-16-12(9-19-2)13(6-15)20-14/h10-11H,3-9,15H2,1-2H3. The molecule has 3 heterocycles. The molecule has 0 spiro atoms. The van der Waals surface area contributed by atoms with E-state index in [0.29, 0.717) is 25.2 Å². The molecule has 6 heteroatoms. The van der Waals surface area contributed by atoms with E-state index in [1.807, 2.05) is 0 Å². The minimum Gasteiger partial charge on any atom is -0.378 e. The summed E-state index contributed by atoms with van der Waals surface area (Å²) in [6.45, 7) is 6.93. The van der Waals surface area contributed by atoms with Gasteiger partial charge in [-0.05, 0) is 26.3 Å². The van der Waals surface area contributed by atoms with Crippen molar-refractivity contribution in [3.63, 3.8) is 0 Å². The van der Waals surface area contributed by atoms with E-state index in [9.17, 15) is 0 Å². The van der Waals surface area contributed by atoms with Crippen LogP contribution in [0.4, 0.5) is 5.13 Å². The van der Waals surface area contributed by atoms with E-state index in [1.165, 1.54) is 19.4 Å². The zero-order valence-corrected chi connectivity index (χ0v) is 13.2. The molecule has 1 aromatic rings. The lowest BCUT2D eigenvalue weighted by Crippen LogP contribution is -2.55. The molecule has 112 valence electrons. The molecule has 2 atom stereocenters. The van der Waals surface area contributed by atoms with Crippen LogP contribution in [0.5, 0.6) is 0 Å². The number of aromatic nitrogens is 1. The summed E-state index contributed by atoms with van der Waals surface area (Å²) in [7, 11) is 1.71. The number of hydrogen-bond acceptors (Lipinski definition) is 6. The van der Waals surface area contributed by atoms with Crippen molar-refractivity contribution in [2.24, 2.45) is 5.73 Å². The fourth-order valence-electron chi connectivity index (χ4n) is 3.36. The second-order valence-corrected chi connectivity index (χ2v) is 6.86. The van der Waals surface area contributed by atoms with E-state index in [1.54, 1.807) is 18.4 Å². The SMILES string of the molecule is COCc1nc(N2CC3CCCN3CC2C)sc1CN. The van der Waals surface area contributed by atoms with Gasteiger partial charge in [-0.25, -0.2) is 4.98 Å². The number of hydrogen-bond donors (Lipinski definition) is 1. The van der Waals surface area contributed by atoms with Gasteiger partial charge in [0, 0.05) is 43.7 Å². The summed E-state index contributed by atoms with van der Waals surface area (Å²) < 4.78 is 5.23. The first-order chi connectivity index (χ1) is 9.72. The van der Waals surface area contributed by atoms with Gasteiger partial charge < -0.3 is 15.4 Å². The van der Waals surface area contributed by atoms with Gasteiger partial charge in [-0.2, -0.15) is 0 Å². The van der Waals surface area contributed by atoms with Crippen LogP contribution >= 0.6 is 11.3 Å². The third-order valence-corrected chi connectivity index (χ3v) is 5.57. The van der Waals surface area contributed by atoms with Crippen molar-refractivity contribution < 1.29 is 4.74 Å². The largest absolute Gasteiger partial charge is 0.378 e. The zero-order valence-electron chi connectivity index (χ0n) is 12.3. The van der Waals surface area contributed by atoms with E-state index in [2.05, 4.69) is 16.7 Å². The molecule has 2 N–H and O–H groups in total. The summed E-state index contributed by atoms with van der Waals surface area (Å²) >= 11 is 1.74. The number of nitrogens with two attached hydrogens (primary N) is 1. The van der Waals surface area contributed by atoms with E-state index >= 15 is 0 Å². The van der Waals surface area contributed by atoms with Crippen molar-refractivity contribution in [2.75, 3.05) is 31.6 Å². The lowest BCUT2D eigenvalue weighted by Gasteiger charge is -2.42. The molecule has 0 bridgehead atoms. The van der Waals surface area contributed by atoms with E-state index in [-0.39, 0.29) is 0 Å². The summed E-state index contributed by atoms with van der Waals surface area (Å²) in [5, 5.41) is 1.12. The Bertz CT molecular complexity index is 464. The summed E-state index contributed by atoms with van der Waals surface area (Å²) in [5.74, 6) is 0. The van der Waals surface area contributed by atoms with Crippen molar-refractivity contribution in [3.8, 4) is 0 Å². The third kappa shape index (κ3) is 2.57. The van der Waals surface area contributed by atoms with Crippen molar-refractivity contribution in [3.05, 3.63) is 10.6 Å². The first kappa shape index (κ1) is 14.3. The topological polar surface area (TPSA) is 54.6 Å². The summed E-state index contributed by atoms with van der Waals surface area (Å²) in [5.41, 5.74) is 6.84. The van der Waals surface area contributed by atoms with Crippen molar-refractivity contribution in [1.82, 2.24) is 9.88 Å².